The molecular formula is C19H22N2O4. The van der Waals surface area contributed by atoms with Crippen LogP contribution in [0.2, 0.25) is 0 Å². The van der Waals surface area contributed by atoms with Crippen molar-refractivity contribution in [1.29, 1.82) is 0 Å². The van der Waals surface area contributed by atoms with Crippen molar-refractivity contribution in [3.8, 4) is 0 Å². The molecule has 6 nitrogen and oxygen atoms in total. The van der Waals surface area contributed by atoms with Gasteiger partial charge in [-0.15, -0.1) is 0 Å². The molecule has 0 bridgehead atoms. The zero-order chi connectivity index (χ0) is 17.8. The largest absolute Gasteiger partial charge is 0.392 e. The lowest BCUT2D eigenvalue weighted by Crippen LogP contribution is -2.36. The van der Waals surface area contributed by atoms with E-state index in [9.17, 15) is 20.3 Å². The number of nitrogens with zero attached hydrogens (tertiary/aromatic N) is 2. The number of nitro groups is 1. The van der Waals surface area contributed by atoms with Crippen LogP contribution in [0.25, 0.3) is 0 Å². The Balaban J connectivity index is 1.73. The summed E-state index contributed by atoms with van der Waals surface area (Å²) in [6.07, 6.45) is 1.01. The van der Waals surface area contributed by atoms with E-state index in [2.05, 4.69) is 0 Å². The molecule has 3 rings (SSSR count). The van der Waals surface area contributed by atoms with Gasteiger partial charge in [0.1, 0.15) is 5.69 Å². The molecule has 0 unspecified atom stereocenters. The fourth-order valence-electron chi connectivity index (χ4n) is 3.45. The first-order chi connectivity index (χ1) is 12.1. The van der Waals surface area contributed by atoms with Crippen LogP contribution in [-0.4, -0.2) is 28.2 Å². The topological polar surface area (TPSA) is 86.8 Å². The molecular weight excluding hydrogens is 320 g/mol. The van der Waals surface area contributed by atoms with E-state index < -0.39 is 6.10 Å². The van der Waals surface area contributed by atoms with Crippen LogP contribution in [0.3, 0.4) is 0 Å². The zero-order valence-electron chi connectivity index (χ0n) is 13.9. The fraction of sp³-hybridized carbons (Fsp3) is 0.368. The summed E-state index contributed by atoms with van der Waals surface area (Å²) in [7, 11) is 0. The van der Waals surface area contributed by atoms with E-state index in [0.717, 1.165) is 18.4 Å². The molecule has 0 aliphatic carbocycles. The second-order valence-corrected chi connectivity index (χ2v) is 6.42. The predicted molar refractivity (Wildman–Crippen MR) is 95.4 cm³/mol. The minimum absolute atomic E-state index is 0.0549. The highest BCUT2D eigenvalue weighted by atomic mass is 16.6. The fourth-order valence-corrected chi connectivity index (χ4v) is 3.45. The lowest BCUT2D eigenvalue weighted by Gasteiger charge is -2.35. The average Bonchev–Trinajstić information content (AvgIpc) is 2.67. The number of nitro benzene ring substituents is 1. The van der Waals surface area contributed by atoms with Crippen molar-refractivity contribution in [2.24, 2.45) is 5.92 Å². The van der Waals surface area contributed by atoms with Crippen molar-refractivity contribution in [2.75, 3.05) is 18.0 Å². The van der Waals surface area contributed by atoms with Gasteiger partial charge in [0.2, 0.25) is 0 Å². The smallest absolute Gasteiger partial charge is 0.292 e. The molecule has 132 valence electrons. The molecule has 0 saturated carbocycles. The van der Waals surface area contributed by atoms with Crippen molar-refractivity contribution in [3.05, 3.63) is 69.8 Å². The summed E-state index contributed by atoms with van der Waals surface area (Å²) in [5, 5.41) is 31.2. The monoisotopic (exact) mass is 342 g/mol. The molecule has 1 aliphatic heterocycles. The summed E-state index contributed by atoms with van der Waals surface area (Å²) in [6.45, 7) is 1.14. The number of rotatable bonds is 5. The van der Waals surface area contributed by atoms with Gasteiger partial charge >= 0.3 is 0 Å². The lowest BCUT2D eigenvalue weighted by molar-refractivity contribution is -0.384. The minimum atomic E-state index is -0.512. The Kier molecular flexibility index (Phi) is 5.31. The zero-order valence-corrected chi connectivity index (χ0v) is 13.9. The SMILES string of the molecule is O=[N+]([O-])c1ccc(CO)cc1N1CCC([C@H](O)c2ccccc2)CC1. The molecule has 0 aromatic heterocycles. The number of anilines is 1. The molecule has 1 fully saturated rings. The van der Waals surface area contributed by atoms with E-state index in [1.165, 1.54) is 6.07 Å². The molecule has 2 aromatic carbocycles. The summed E-state index contributed by atoms with van der Waals surface area (Å²) in [5.41, 5.74) is 2.17. The van der Waals surface area contributed by atoms with Crippen LogP contribution >= 0.6 is 0 Å². The van der Waals surface area contributed by atoms with E-state index in [1.54, 1.807) is 12.1 Å². The molecule has 0 amide bonds. The maximum absolute atomic E-state index is 11.3. The van der Waals surface area contributed by atoms with Gasteiger partial charge in [0.05, 0.1) is 17.6 Å². The molecule has 1 heterocycles. The highest BCUT2D eigenvalue weighted by Crippen LogP contribution is 2.36. The quantitative estimate of drug-likeness (QED) is 0.644. The van der Waals surface area contributed by atoms with Gasteiger partial charge in [-0.3, -0.25) is 10.1 Å². The van der Waals surface area contributed by atoms with Crippen LogP contribution in [0.1, 0.15) is 30.1 Å². The van der Waals surface area contributed by atoms with Gasteiger partial charge in [-0.25, -0.2) is 0 Å². The van der Waals surface area contributed by atoms with Crippen LogP contribution in [-0.2, 0) is 6.61 Å². The lowest BCUT2D eigenvalue weighted by atomic mass is 9.87. The predicted octanol–water partition coefficient (Wildman–Crippen LogP) is 3.04. The van der Waals surface area contributed by atoms with Crippen LogP contribution in [0.4, 0.5) is 11.4 Å². The van der Waals surface area contributed by atoms with Gasteiger partial charge in [-0.1, -0.05) is 30.3 Å². The first-order valence-electron chi connectivity index (χ1n) is 8.46. The van der Waals surface area contributed by atoms with Crippen LogP contribution in [0.15, 0.2) is 48.5 Å². The van der Waals surface area contributed by atoms with Crippen molar-refractivity contribution >= 4 is 11.4 Å². The van der Waals surface area contributed by atoms with Gasteiger partial charge < -0.3 is 15.1 Å². The van der Waals surface area contributed by atoms with Gasteiger partial charge in [0, 0.05) is 19.2 Å². The van der Waals surface area contributed by atoms with E-state index in [1.807, 2.05) is 35.2 Å². The number of benzene rings is 2. The van der Waals surface area contributed by atoms with Crippen LogP contribution in [0, 0.1) is 16.0 Å². The summed E-state index contributed by atoms with van der Waals surface area (Å²) in [4.78, 5) is 12.9. The number of aliphatic hydroxyl groups is 2. The second-order valence-electron chi connectivity index (χ2n) is 6.42. The van der Waals surface area contributed by atoms with E-state index in [-0.39, 0.29) is 23.1 Å². The summed E-state index contributed by atoms with van der Waals surface area (Å²) >= 11 is 0. The maximum atomic E-state index is 11.3. The van der Waals surface area contributed by atoms with Crippen molar-refractivity contribution < 1.29 is 15.1 Å². The minimum Gasteiger partial charge on any atom is -0.392 e. The molecule has 1 saturated heterocycles. The third kappa shape index (κ3) is 3.81. The number of piperidine rings is 1. The summed E-state index contributed by atoms with van der Waals surface area (Å²) in [5.74, 6) is 0.138. The normalized spacial score (nSPS) is 16.6. The summed E-state index contributed by atoms with van der Waals surface area (Å²) < 4.78 is 0. The molecule has 1 atom stereocenters. The van der Waals surface area contributed by atoms with Crippen molar-refractivity contribution in [1.82, 2.24) is 0 Å². The van der Waals surface area contributed by atoms with E-state index >= 15 is 0 Å². The van der Waals surface area contributed by atoms with Gasteiger partial charge in [-0.2, -0.15) is 0 Å². The maximum Gasteiger partial charge on any atom is 0.292 e. The molecule has 0 spiro atoms. The number of hydrogen-bond donors (Lipinski definition) is 2. The van der Waals surface area contributed by atoms with E-state index in [4.69, 9.17) is 0 Å². The van der Waals surface area contributed by atoms with Crippen LogP contribution in [0.5, 0.6) is 0 Å². The van der Waals surface area contributed by atoms with Gasteiger partial charge in [0.15, 0.2) is 0 Å². The third-order valence-corrected chi connectivity index (χ3v) is 4.89. The van der Waals surface area contributed by atoms with Crippen molar-refractivity contribution in [3.63, 3.8) is 0 Å². The second kappa shape index (κ2) is 7.63. The Bertz CT molecular complexity index is 727. The van der Waals surface area contributed by atoms with Gasteiger partial charge in [0.25, 0.3) is 5.69 Å². The van der Waals surface area contributed by atoms with Crippen molar-refractivity contribution in [2.45, 2.75) is 25.6 Å². The number of aliphatic hydroxyl groups excluding tert-OH is 2. The highest BCUT2D eigenvalue weighted by Gasteiger charge is 2.29. The first kappa shape index (κ1) is 17.4. The Morgan fingerprint density at radius 3 is 2.44 bits per heavy atom. The summed E-state index contributed by atoms with van der Waals surface area (Å²) in [6, 6.07) is 14.3. The van der Waals surface area contributed by atoms with E-state index in [0.29, 0.717) is 24.3 Å². The molecule has 0 radical (unpaired) electrons. The highest BCUT2D eigenvalue weighted by molar-refractivity contribution is 5.64. The Morgan fingerprint density at radius 1 is 1.16 bits per heavy atom. The van der Waals surface area contributed by atoms with Crippen LogP contribution < -0.4 is 4.90 Å². The molecule has 1 aliphatic rings. The average molecular weight is 342 g/mol. The molecule has 25 heavy (non-hydrogen) atoms. The Hall–Kier alpha value is -2.44. The van der Waals surface area contributed by atoms with Gasteiger partial charge in [-0.05, 0) is 42.0 Å². The Morgan fingerprint density at radius 2 is 1.84 bits per heavy atom. The third-order valence-electron chi connectivity index (χ3n) is 4.89. The molecule has 6 heteroatoms. The standard InChI is InChI=1S/C19H22N2O4/c22-13-14-6-7-17(21(24)25)18(12-14)20-10-8-16(9-11-20)19(23)15-4-2-1-3-5-15/h1-7,12,16,19,22-23H,8-11,13H2/t19-/m1/s1. The number of hydrogen-bond acceptors (Lipinski definition) is 5. The first-order valence-corrected chi connectivity index (χ1v) is 8.46. The Labute approximate surface area is 146 Å². The molecule has 2 aromatic rings. The molecule has 2 N–H and O–H groups in total.